The molecule has 0 saturated carbocycles. The van der Waals surface area contributed by atoms with Crippen molar-refractivity contribution < 1.29 is 18.7 Å². The minimum Gasteiger partial charge on any atom is -0.497 e. The topological polar surface area (TPSA) is 58.6 Å². The maximum Gasteiger partial charge on any atom is 0.227 e. The van der Waals surface area contributed by atoms with Crippen LogP contribution in [-0.4, -0.2) is 32.0 Å². The number of anilines is 1. The van der Waals surface area contributed by atoms with Gasteiger partial charge in [-0.25, -0.2) is 4.39 Å². The van der Waals surface area contributed by atoms with Gasteiger partial charge in [0.2, 0.25) is 11.8 Å². The van der Waals surface area contributed by atoms with Gasteiger partial charge in [0.05, 0.1) is 13.0 Å². The molecule has 2 aromatic rings. The second-order valence-electron chi connectivity index (χ2n) is 6.27. The van der Waals surface area contributed by atoms with Gasteiger partial charge in [-0.15, -0.1) is 0 Å². The molecule has 2 amide bonds. The average molecular weight is 356 g/mol. The summed E-state index contributed by atoms with van der Waals surface area (Å²) in [5.74, 6) is -0.188. The van der Waals surface area contributed by atoms with Crippen molar-refractivity contribution in [1.29, 1.82) is 0 Å². The summed E-state index contributed by atoms with van der Waals surface area (Å²) >= 11 is 0. The van der Waals surface area contributed by atoms with E-state index in [4.69, 9.17) is 4.74 Å². The molecule has 1 aliphatic rings. The number of nitrogens with zero attached hydrogens (tertiary/aromatic N) is 1. The van der Waals surface area contributed by atoms with E-state index in [1.807, 2.05) is 18.2 Å². The number of nitrogens with one attached hydrogen (secondary N) is 1. The molecule has 26 heavy (non-hydrogen) atoms. The molecule has 0 aliphatic carbocycles. The fourth-order valence-electron chi connectivity index (χ4n) is 3.04. The Morgan fingerprint density at radius 3 is 2.77 bits per heavy atom. The predicted octanol–water partition coefficient (Wildman–Crippen LogP) is 2.55. The molecular weight excluding hydrogens is 335 g/mol. The molecule has 136 valence electrons. The fourth-order valence-corrected chi connectivity index (χ4v) is 3.04. The molecule has 0 bridgehead atoms. The monoisotopic (exact) mass is 356 g/mol. The molecule has 0 radical (unpaired) electrons. The van der Waals surface area contributed by atoms with E-state index in [1.54, 1.807) is 30.2 Å². The largest absolute Gasteiger partial charge is 0.497 e. The zero-order chi connectivity index (χ0) is 18.5. The van der Waals surface area contributed by atoms with Gasteiger partial charge in [0.25, 0.3) is 0 Å². The molecule has 0 aromatic heterocycles. The smallest absolute Gasteiger partial charge is 0.227 e. The molecule has 5 nitrogen and oxygen atoms in total. The number of rotatable bonds is 6. The molecule has 0 spiro atoms. The van der Waals surface area contributed by atoms with Gasteiger partial charge >= 0.3 is 0 Å². The highest BCUT2D eigenvalue weighted by Gasteiger charge is 2.35. The maximum absolute atomic E-state index is 12.9. The Bertz CT molecular complexity index is 792. The first kappa shape index (κ1) is 17.9. The number of halogens is 1. The third kappa shape index (κ3) is 4.20. The zero-order valence-corrected chi connectivity index (χ0v) is 14.6. The van der Waals surface area contributed by atoms with Crippen LogP contribution in [0.25, 0.3) is 0 Å². The number of ether oxygens (including phenoxy) is 1. The van der Waals surface area contributed by atoms with E-state index in [2.05, 4.69) is 5.32 Å². The van der Waals surface area contributed by atoms with Gasteiger partial charge in [-0.3, -0.25) is 9.59 Å². The van der Waals surface area contributed by atoms with Crippen molar-refractivity contribution in [3.8, 4) is 5.75 Å². The van der Waals surface area contributed by atoms with Gasteiger partial charge in [-0.2, -0.15) is 0 Å². The summed E-state index contributed by atoms with van der Waals surface area (Å²) in [5.41, 5.74) is 1.68. The highest BCUT2D eigenvalue weighted by atomic mass is 19.1. The van der Waals surface area contributed by atoms with Crippen molar-refractivity contribution >= 4 is 17.5 Å². The Morgan fingerprint density at radius 2 is 2.04 bits per heavy atom. The lowest BCUT2D eigenvalue weighted by molar-refractivity contribution is -0.126. The van der Waals surface area contributed by atoms with Crippen LogP contribution in [-0.2, 0) is 16.0 Å². The molecule has 3 rings (SSSR count). The summed E-state index contributed by atoms with van der Waals surface area (Å²) in [7, 11) is 1.57. The van der Waals surface area contributed by atoms with Crippen molar-refractivity contribution in [1.82, 2.24) is 5.32 Å². The minimum atomic E-state index is -0.373. The van der Waals surface area contributed by atoms with Crippen LogP contribution in [0.15, 0.2) is 48.5 Å². The number of hydrogen-bond acceptors (Lipinski definition) is 3. The number of amides is 2. The van der Waals surface area contributed by atoms with Crippen LogP contribution in [0.5, 0.6) is 5.75 Å². The summed E-state index contributed by atoms with van der Waals surface area (Å²) in [6, 6.07) is 13.4. The van der Waals surface area contributed by atoms with Crippen LogP contribution in [0.4, 0.5) is 10.1 Å². The third-order valence-corrected chi connectivity index (χ3v) is 4.49. The van der Waals surface area contributed by atoms with E-state index in [1.165, 1.54) is 12.1 Å². The standard InChI is InChI=1S/C20H21FN2O3/c1-26-18-4-2-3-17(12-18)23-13-15(11-19(23)24)20(25)22-10-9-14-5-7-16(21)8-6-14/h2-8,12,15H,9-11,13H2,1H3,(H,22,25). The SMILES string of the molecule is COc1cccc(N2CC(C(=O)NCCc3ccc(F)cc3)CC2=O)c1. The van der Waals surface area contributed by atoms with Crippen molar-refractivity contribution in [2.24, 2.45) is 5.92 Å². The highest BCUT2D eigenvalue weighted by Crippen LogP contribution is 2.27. The number of benzene rings is 2. The first-order valence-electron chi connectivity index (χ1n) is 8.53. The molecule has 2 aromatic carbocycles. The van der Waals surface area contributed by atoms with Gasteiger partial charge in [0.15, 0.2) is 0 Å². The molecule has 1 aliphatic heterocycles. The van der Waals surface area contributed by atoms with Gasteiger partial charge in [0, 0.05) is 31.3 Å². The fraction of sp³-hybridized carbons (Fsp3) is 0.300. The number of hydrogen-bond donors (Lipinski definition) is 1. The molecule has 1 saturated heterocycles. The first-order valence-corrected chi connectivity index (χ1v) is 8.53. The zero-order valence-electron chi connectivity index (χ0n) is 14.6. The molecule has 1 heterocycles. The van der Waals surface area contributed by atoms with E-state index in [-0.39, 0.29) is 30.0 Å². The van der Waals surface area contributed by atoms with Crippen molar-refractivity contribution in [3.05, 3.63) is 59.9 Å². The summed E-state index contributed by atoms with van der Waals surface area (Å²) < 4.78 is 18.1. The lowest BCUT2D eigenvalue weighted by Crippen LogP contribution is -2.34. The summed E-state index contributed by atoms with van der Waals surface area (Å²) in [6.07, 6.45) is 0.811. The Morgan fingerprint density at radius 1 is 1.27 bits per heavy atom. The van der Waals surface area contributed by atoms with E-state index in [0.717, 1.165) is 11.3 Å². The summed E-state index contributed by atoms with van der Waals surface area (Å²) in [6.45, 7) is 0.808. The van der Waals surface area contributed by atoms with E-state index in [0.29, 0.717) is 25.3 Å². The van der Waals surface area contributed by atoms with E-state index < -0.39 is 0 Å². The van der Waals surface area contributed by atoms with Crippen LogP contribution in [0.1, 0.15) is 12.0 Å². The number of carbonyl (C=O) groups is 2. The quantitative estimate of drug-likeness (QED) is 0.865. The summed E-state index contributed by atoms with van der Waals surface area (Å²) in [4.78, 5) is 26.3. The Labute approximate surface area is 151 Å². The Hall–Kier alpha value is -2.89. The minimum absolute atomic E-state index is 0.0723. The lowest BCUT2D eigenvalue weighted by Gasteiger charge is -2.17. The highest BCUT2D eigenvalue weighted by molar-refractivity contribution is 6.00. The molecule has 6 heteroatoms. The van der Waals surface area contributed by atoms with Crippen LogP contribution >= 0.6 is 0 Å². The Kier molecular flexibility index (Phi) is 5.51. The average Bonchev–Trinajstić information content (AvgIpc) is 3.05. The second-order valence-corrected chi connectivity index (χ2v) is 6.27. The number of methoxy groups -OCH3 is 1. The molecule has 1 atom stereocenters. The third-order valence-electron chi connectivity index (χ3n) is 4.49. The van der Waals surface area contributed by atoms with Crippen molar-refractivity contribution in [2.75, 3.05) is 25.1 Å². The predicted molar refractivity (Wildman–Crippen MR) is 96.6 cm³/mol. The van der Waals surface area contributed by atoms with Crippen molar-refractivity contribution in [3.63, 3.8) is 0 Å². The maximum atomic E-state index is 12.9. The van der Waals surface area contributed by atoms with Gasteiger partial charge in [-0.1, -0.05) is 18.2 Å². The second kappa shape index (κ2) is 7.99. The number of carbonyl (C=O) groups excluding carboxylic acids is 2. The lowest BCUT2D eigenvalue weighted by atomic mass is 10.1. The Balaban J connectivity index is 1.54. The van der Waals surface area contributed by atoms with Gasteiger partial charge < -0.3 is 15.0 Å². The van der Waals surface area contributed by atoms with E-state index in [9.17, 15) is 14.0 Å². The summed E-state index contributed by atoms with van der Waals surface area (Å²) in [5, 5.41) is 2.87. The van der Waals surface area contributed by atoms with Crippen molar-refractivity contribution in [2.45, 2.75) is 12.8 Å². The van der Waals surface area contributed by atoms with Crippen LogP contribution in [0.3, 0.4) is 0 Å². The molecule has 1 unspecified atom stereocenters. The van der Waals surface area contributed by atoms with Gasteiger partial charge in [-0.05, 0) is 36.2 Å². The molecular formula is C20H21FN2O3. The normalized spacial score (nSPS) is 16.6. The van der Waals surface area contributed by atoms with Crippen LogP contribution in [0, 0.1) is 11.7 Å². The van der Waals surface area contributed by atoms with E-state index >= 15 is 0 Å². The van der Waals surface area contributed by atoms with Gasteiger partial charge in [0.1, 0.15) is 11.6 Å². The first-order chi connectivity index (χ1) is 12.6. The molecule has 1 N–H and O–H groups in total. The van der Waals surface area contributed by atoms with Crippen LogP contribution in [0.2, 0.25) is 0 Å². The van der Waals surface area contributed by atoms with Crippen LogP contribution < -0.4 is 15.0 Å². The molecule has 1 fully saturated rings.